The van der Waals surface area contributed by atoms with Crippen LogP contribution in [0, 0.1) is 6.92 Å². The number of pyridine rings is 1. The largest absolute Gasteiger partial charge is 0.354 e. The van der Waals surface area contributed by atoms with Crippen LogP contribution in [0.4, 0.5) is 5.82 Å². The van der Waals surface area contributed by atoms with Crippen molar-refractivity contribution < 1.29 is 4.79 Å². The van der Waals surface area contributed by atoms with E-state index in [0.29, 0.717) is 13.1 Å². The fraction of sp³-hybridized carbons (Fsp3) is 0.368. The van der Waals surface area contributed by atoms with Gasteiger partial charge in [-0.2, -0.15) is 0 Å². The molecule has 5 heteroatoms. The second-order valence-corrected chi connectivity index (χ2v) is 6.15. The summed E-state index contributed by atoms with van der Waals surface area (Å²) in [5.41, 5.74) is 2.38. The number of piperazine rings is 1. The van der Waals surface area contributed by atoms with E-state index >= 15 is 0 Å². The number of hydrogen-bond donors (Lipinski definition) is 1. The van der Waals surface area contributed by atoms with Gasteiger partial charge in [0.1, 0.15) is 5.82 Å². The number of aryl methyl sites for hydroxylation is 1. The molecule has 1 saturated heterocycles. The number of amides is 1. The lowest BCUT2D eigenvalue weighted by molar-refractivity contribution is -0.122. The van der Waals surface area contributed by atoms with E-state index < -0.39 is 0 Å². The Bertz CT molecular complexity index is 666. The molecule has 1 aliphatic rings. The Morgan fingerprint density at radius 2 is 1.83 bits per heavy atom. The highest BCUT2D eigenvalue weighted by Gasteiger charge is 2.19. The van der Waals surface area contributed by atoms with Gasteiger partial charge in [-0.1, -0.05) is 30.3 Å². The first kappa shape index (κ1) is 16.5. The third kappa shape index (κ3) is 4.32. The molecule has 1 N–H and O–H groups in total. The minimum atomic E-state index is 0.0875. The zero-order valence-corrected chi connectivity index (χ0v) is 14.1. The quantitative estimate of drug-likeness (QED) is 0.911. The highest BCUT2D eigenvalue weighted by Crippen LogP contribution is 2.12. The van der Waals surface area contributed by atoms with E-state index in [2.05, 4.69) is 39.2 Å². The summed E-state index contributed by atoms with van der Waals surface area (Å²) < 4.78 is 0. The molecule has 1 fully saturated rings. The van der Waals surface area contributed by atoms with Gasteiger partial charge in [-0.25, -0.2) is 4.98 Å². The number of benzene rings is 1. The zero-order chi connectivity index (χ0) is 16.8. The zero-order valence-electron chi connectivity index (χ0n) is 14.1. The molecule has 3 rings (SSSR count). The molecule has 24 heavy (non-hydrogen) atoms. The van der Waals surface area contributed by atoms with E-state index in [9.17, 15) is 4.79 Å². The van der Waals surface area contributed by atoms with E-state index in [1.807, 2.05) is 36.5 Å². The summed E-state index contributed by atoms with van der Waals surface area (Å²) in [6.07, 6.45) is 1.82. The molecule has 5 nitrogen and oxygen atoms in total. The third-order valence-electron chi connectivity index (χ3n) is 4.45. The molecule has 1 aromatic carbocycles. The van der Waals surface area contributed by atoms with Crippen molar-refractivity contribution in [2.45, 2.75) is 13.5 Å². The minimum Gasteiger partial charge on any atom is -0.354 e. The fourth-order valence-electron chi connectivity index (χ4n) is 2.94. The number of anilines is 1. The molecule has 1 aromatic heterocycles. The molecule has 0 unspecified atom stereocenters. The maximum atomic E-state index is 12.2. The molecule has 2 aromatic rings. The van der Waals surface area contributed by atoms with Crippen LogP contribution in [0.5, 0.6) is 0 Å². The lowest BCUT2D eigenvalue weighted by Crippen LogP contribution is -2.49. The van der Waals surface area contributed by atoms with Crippen LogP contribution in [-0.4, -0.2) is 48.5 Å². The number of carbonyl (C=O) groups excluding carboxylic acids is 1. The number of nitrogens with zero attached hydrogens (tertiary/aromatic N) is 3. The Balaban J connectivity index is 1.43. The molecule has 0 saturated carbocycles. The Labute approximate surface area is 143 Å². The monoisotopic (exact) mass is 324 g/mol. The van der Waals surface area contributed by atoms with Crippen molar-refractivity contribution in [1.82, 2.24) is 15.2 Å². The molecule has 0 atom stereocenters. The van der Waals surface area contributed by atoms with Crippen molar-refractivity contribution in [2.75, 3.05) is 37.6 Å². The van der Waals surface area contributed by atoms with E-state index in [4.69, 9.17) is 0 Å². The van der Waals surface area contributed by atoms with E-state index in [1.54, 1.807) is 0 Å². The van der Waals surface area contributed by atoms with Crippen LogP contribution in [-0.2, 0) is 11.3 Å². The second kappa shape index (κ2) is 7.93. The molecule has 0 radical (unpaired) electrons. The van der Waals surface area contributed by atoms with Gasteiger partial charge in [-0.3, -0.25) is 9.69 Å². The summed E-state index contributed by atoms with van der Waals surface area (Å²) in [5, 5.41) is 3.02. The standard InChI is InChI=1S/C19H24N4O/c1-16-6-2-3-7-17(16)14-21-19(24)15-22-10-12-23(13-11-22)18-8-4-5-9-20-18/h2-9H,10-15H2,1H3,(H,21,24). The van der Waals surface area contributed by atoms with Gasteiger partial charge in [0.15, 0.2) is 0 Å². The Morgan fingerprint density at radius 3 is 2.54 bits per heavy atom. The van der Waals surface area contributed by atoms with E-state index in [0.717, 1.165) is 32.0 Å². The molecule has 0 aliphatic carbocycles. The average Bonchev–Trinajstić information content (AvgIpc) is 2.62. The van der Waals surface area contributed by atoms with Crippen molar-refractivity contribution in [3.8, 4) is 0 Å². The van der Waals surface area contributed by atoms with Gasteiger partial charge in [-0.05, 0) is 30.2 Å². The van der Waals surface area contributed by atoms with Crippen LogP contribution >= 0.6 is 0 Å². The first-order valence-electron chi connectivity index (χ1n) is 8.42. The van der Waals surface area contributed by atoms with Crippen LogP contribution in [0.3, 0.4) is 0 Å². The molecule has 2 heterocycles. The maximum absolute atomic E-state index is 12.2. The van der Waals surface area contributed by atoms with E-state index in [-0.39, 0.29) is 5.91 Å². The van der Waals surface area contributed by atoms with Crippen molar-refractivity contribution in [3.63, 3.8) is 0 Å². The predicted octanol–water partition coefficient (Wildman–Crippen LogP) is 1.83. The molecule has 126 valence electrons. The van der Waals surface area contributed by atoms with Crippen molar-refractivity contribution >= 4 is 11.7 Å². The number of aromatic nitrogens is 1. The summed E-state index contributed by atoms with van der Waals surface area (Å²) in [6, 6.07) is 14.1. The first-order valence-corrected chi connectivity index (χ1v) is 8.42. The number of hydrogen-bond acceptors (Lipinski definition) is 4. The van der Waals surface area contributed by atoms with Crippen molar-refractivity contribution in [3.05, 3.63) is 59.8 Å². The average molecular weight is 324 g/mol. The Morgan fingerprint density at radius 1 is 1.08 bits per heavy atom. The lowest BCUT2D eigenvalue weighted by Gasteiger charge is -2.34. The topological polar surface area (TPSA) is 48.5 Å². The van der Waals surface area contributed by atoms with Crippen molar-refractivity contribution in [1.29, 1.82) is 0 Å². The van der Waals surface area contributed by atoms with Gasteiger partial charge in [-0.15, -0.1) is 0 Å². The smallest absolute Gasteiger partial charge is 0.234 e. The highest BCUT2D eigenvalue weighted by molar-refractivity contribution is 5.78. The molecule has 0 spiro atoms. The first-order chi connectivity index (χ1) is 11.7. The van der Waals surface area contributed by atoms with Crippen LogP contribution in [0.1, 0.15) is 11.1 Å². The normalized spacial score (nSPS) is 15.3. The molecule has 0 bridgehead atoms. The third-order valence-corrected chi connectivity index (χ3v) is 4.45. The summed E-state index contributed by atoms with van der Waals surface area (Å²) in [5.74, 6) is 1.10. The SMILES string of the molecule is Cc1ccccc1CNC(=O)CN1CCN(c2ccccn2)CC1. The van der Waals surface area contributed by atoms with Crippen LogP contribution in [0.15, 0.2) is 48.7 Å². The van der Waals surface area contributed by atoms with Crippen molar-refractivity contribution in [2.24, 2.45) is 0 Å². The minimum absolute atomic E-state index is 0.0875. The summed E-state index contributed by atoms with van der Waals surface area (Å²) >= 11 is 0. The van der Waals surface area contributed by atoms with E-state index in [1.165, 1.54) is 11.1 Å². The maximum Gasteiger partial charge on any atom is 0.234 e. The van der Waals surface area contributed by atoms with Crippen LogP contribution < -0.4 is 10.2 Å². The molecular weight excluding hydrogens is 300 g/mol. The number of nitrogens with one attached hydrogen (secondary N) is 1. The molecular formula is C19H24N4O. The summed E-state index contributed by atoms with van der Waals surface area (Å²) in [4.78, 5) is 21.0. The van der Waals surface area contributed by atoms with Gasteiger partial charge in [0.05, 0.1) is 6.54 Å². The van der Waals surface area contributed by atoms with Gasteiger partial charge in [0, 0.05) is 38.9 Å². The van der Waals surface area contributed by atoms with Gasteiger partial charge in [0.2, 0.25) is 5.91 Å². The van der Waals surface area contributed by atoms with Gasteiger partial charge >= 0.3 is 0 Å². The second-order valence-electron chi connectivity index (χ2n) is 6.15. The highest BCUT2D eigenvalue weighted by atomic mass is 16.2. The summed E-state index contributed by atoms with van der Waals surface area (Å²) in [6.45, 7) is 6.70. The number of rotatable bonds is 5. The molecule has 1 amide bonds. The van der Waals surface area contributed by atoms with Gasteiger partial charge in [0.25, 0.3) is 0 Å². The lowest BCUT2D eigenvalue weighted by atomic mass is 10.1. The Hall–Kier alpha value is -2.40. The van der Waals surface area contributed by atoms with Crippen LogP contribution in [0.2, 0.25) is 0 Å². The van der Waals surface area contributed by atoms with Crippen LogP contribution in [0.25, 0.3) is 0 Å². The number of carbonyl (C=O) groups is 1. The van der Waals surface area contributed by atoms with Gasteiger partial charge < -0.3 is 10.2 Å². The molecule has 1 aliphatic heterocycles. The Kier molecular flexibility index (Phi) is 5.43. The fourth-order valence-corrected chi connectivity index (χ4v) is 2.94. The predicted molar refractivity (Wildman–Crippen MR) is 95.9 cm³/mol. The summed E-state index contributed by atoms with van der Waals surface area (Å²) in [7, 11) is 0.